The van der Waals surface area contributed by atoms with Crippen molar-refractivity contribution in [3.63, 3.8) is 0 Å². The highest BCUT2D eigenvalue weighted by Crippen LogP contribution is 2.18. The summed E-state index contributed by atoms with van der Waals surface area (Å²) in [6.07, 6.45) is 3.43. The van der Waals surface area contributed by atoms with Gasteiger partial charge in [0, 0.05) is 11.3 Å². The van der Waals surface area contributed by atoms with Gasteiger partial charge in [0.15, 0.2) is 5.69 Å². The smallest absolute Gasteiger partial charge is 0.279 e. The summed E-state index contributed by atoms with van der Waals surface area (Å²) in [5.74, 6) is 1.03. The van der Waals surface area contributed by atoms with E-state index in [-0.39, 0.29) is 11.3 Å². The van der Waals surface area contributed by atoms with Gasteiger partial charge in [-0.3, -0.25) is 9.78 Å². The second kappa shape index (κ2) is 8.29. The molecule has 2 N–H and O–H groups in total. The van der Waals surface area contributed by atoms with Crippen LogP contribution in [0.25, 0.3) is 11.3 Å². The molecule has 1 heterocycles. The van der Waals surface area contributed by atoms with Crippen molar-refractivity contribution in [2.45, 2.75) is 26.2 Å². The van der Waals surface area contributed by atoms with Crippen molar-refractivity contribution in [3.05, 3.63) is 64.4 Å². The van der Waals surface area contributed by atoms with Crippen LogP contribution in [0.3, 0.4) is 0 Å². The summed E-state index contributed by atoms with van der Waals surface area (Å²) < 4.78 is 5.12. The zero-order valence-corrected chi connectivity index (χ0v) is 15.0. The number of benzene rings is 2. The first-order valence-corrected chi connectivity index (χ1v) is 8.67. The number of aryl methyl sites for hydroxylation is 1. The summed E-state index contributed by atoms with van der Waals surface area (Å²) in [4.78, 5) is 15.1. The van der Waals surface area contributed by atoms with Crippen molar-refractivity contribution in [1.29, 1.82) is 0 Å². The first-order valence-electron chi connectivity index (χ1n) is 8.67. The van der Waals surface area contributed by atoms with Crippen LogP contribution in [0.5, 0.6) is 5.75 Å². The Labute approximate surface area is 152 Å². The van der Waals surface area contributed by atoms with E-state index < -0.39 is 0 Å². The number of aromatic nitrogens is 3. The van der Waals surface area contributed by atoms with Gasteiger partial charge >= 0.3 is 0 Å². The van der Waals surface area contributed by atoms with E-state index in [1.165, 1.54) is 18.4 Å². The fourth-order valence-electron chi connectivity index (χ4n) is 2.60. The van der Waals surface area contributed by atoms with Crippen LogP contribution in [0.4, 0.5) is 11.6 Å². The predicted octanol–water partition coefficient (Wildman–Crippen LogP) is 3.93. The zero-order chi connectivity index (χ0) is 18.4. The van der Waals surface area contributed by atoms with Crippen molar-refractivity contribution in [2.24, 2.45) is 0 Å². The molecule has 0 bridgehead atoms. The van der Waals surface area contributed by atoms with Crippen molar-refractivity contribution in [3.8, 4) is 17.0 Å². The van der Waals surface area contributed by atoms with E-state index in [4.69, 9.17) is 4.74 Å². The monoisotopic (exact) mass is 350 g/mol. The van der Waals surface area contributed by atoms with Crippen LogP contribution in [-0.4, -0.2) is 22.3 Å². The Hall–Kier alpha value is -3.15. The minimum absolute atomic E-state index is 0.271. The molecule has 0 aliphatic carbocycles. The first-order chi connectivity index (χ1) is 12.7. The largest absolute Gasteiger partial charge is 0.497 e. The molecule has 0 atom stereocenters. The highest BCUT2D eigenvalue weighted by molar-refractivity contribution is 5.60. The van der Waals surface area contributed by atoms with Crippen LogP contribution in [0.2, 0.25) is 0 Å². The Morgan fingerprint density at radius 2 is 1.77 bits per heavy atom. The standard InChI is InChI=1S/C20H22N4O2/c1-3-4-5-14-6-10-16(11-7-14)21-20-22-19(25)18(23-24-20)15-8-12-17(26-2)13-9-15/h6-13H,3-5H2,1-2H3,(H2,21,22,24,25). The lowest BCUT2D eigenvalue weighted by Gasteiger charge is -2.07. The van der Waals surface area contributed by atoms with Gasteiger partial charge in [-0.1, -0.05) is 25.5 Å². The summed E-state index contributed by atoms with van der Waals surface area (Å²) in [5.41, 5.74) is 2.81. The van der Waals surface area contributed by atoms with Gasteiger partial charge < -0.3 is 10.1 Å². The molecule has 1 aromatic heterocycles. The predicted molar refractivity (Wildman–Crippen MR) is 103 cm³/mol. The number of ether oxygens (including phenoxy) is 1. The third-order valence-corrected chi connectivity index (χ3v) is 4.10. The van der Waals surface area contributed by atoms with Crippen molar-refractivity contribution < 1.29 is 4.74 Å². The molecule has 0 fully saturated rings. The number of anilines is 2. The van der Waals surface area contributed by atoms with Gasteiger partial charge in [0.25, 0.3) is 5.56 Å². The van der Waals surface area contributed by atoms with Gasteiger partial charge in [0.1, 0.15) is 5.75 Å². The van der Waals surface area contributed by atoms with E-state index in [9.17, 15) is 4.79 Å². The lowest BCUT2D eigenvalue weighted by atomic mass is 10.1. The Morgan fingerprint density at radius 1 is 1.04 bits per heavy atom. The van der Waals surface area contributed by atoms with Crippen molar-refractivity contribution >= 4 is 11.6 Å². The number of H-pyrrole nitrogens is 1. The molecule has 134 valence electrons. The van der Waals surface area contributed by atoms with E-state index in [1.807, 2.05) is 12.1 Å². The van der Waals surface area contributed by atoms with Crippen LogP contribution in [-0.2, 0) is 6.42 Å². The third kappa shape index (κ3) is 4.27. The molecule has 6 nitrogen and oxygen atoms in total. The highest BCUT2D eigenvalue weighted by Gasteiger charge is 2.08. The van der Waals surface area contributed by atoms with E-state index in [0.29, 0.717) is 11.5 Å². The molecule has 0 aliphatic rings. The molecule has 6 heteroatoms. The normalized spacial score (nSPS) is 10.5. The van der Waals surface area contributed by atoms with E-state index in [2.05, 4.69) is 39.6 Å². The molecule has 0 unspecified atom stereocenters. The van der Waals surface area contributed by atoms with Crippen LogP contribution < -0.4 is 15.6 Å². The molecule has 0 radical (unpaired) electrons. The first kappa shape index (κ1) is 17.7. The van der Waals surface area contributed by atoms with Gasteiger partial charge in [-0.2, -0.15) is 0 Å². The zero-order valence-electron chi connectivity index (χ0n) is 15.0. The molecular weight excluding hydrogens is 328 g/mol. The van der Waals surface area contributed by atoms with Gasteiger partial charge in [-0.15, -0.1) is 10.2 Å². The number of methoxy groups -OCH3 is 1. The van der Waals surface area contributed by atoms with Crippen molar-refractivity contribution in [1.82, 2.24) is 15.2 Å². The number of aromatic amines is 1. The van der Waals surface area contributed by atoms with Crippen molar-refractivity contribution in [2.75, 3.05) is 12.4 Å². The summed E-state index contributed by atoms with van der Waals surface area (Å²) >= 11 is 0. The molecule has 3 rings (SSSR count). The molecule has 3 aromatic rings. The topological polar surface area (TPSA) is 79.9 Å². The third-order valence-electron chi connectivity index (χ3n) is 4.10. The number of hydrogen-bond donors (Lipinski definition) is 2. The molecule has 0 spiro atoms. The summed E-state index contributed by atoms with van der Waals surface area (Å²) in [6.45, 7) is 2.18. The maximum absolute atomic E-state index is 12.3. The molecule has 0 saturated heterocycles. The van der Waals surface area contributed by atoms with Crippen LogP contribution >= 0.6 is 0 Å². The quantitative estimate of drug-likeness (QED) is 0.675. The fourth-order valence-corrected chi connectivity index (χ4v) is 2.60. The van der Waals surface area contributed by atoms with Gasteiger partial charge in [-0.25, -0.2) is 0 Å². The maximum atomic E-state index is 12.3. The number of unbranched alkanes of at least 4 members (excludes halogenated alkanes) is 1. The number of nitrogens with zero attached hydrogens (tertiary/aromatic N) is 2. The summed E-state index contributed by atoms with van der Waals surface area (Å²) in [5, 5.41) is 11.2. The molecule has 2 aromatic carbocycles. The summed E-state index contributed by atoms with van der Waals surface area (Å²) in [6, 6.07) is 15.2. The molecule has 0 amide bonds. The van der Waals surface area contributed by atoms with Crippen LogP contribution in [0.1, 0.15) is 25.3 Å². The van der Waals surface area contributed by atoms with E-state index in [0.717, 1.165) is 17.9 Å². The maximum Gasteiger partial charge on any atom is 0.279 e. The van der Waals surface area contributed by atoms with E-state index >= 15 is 0 Å². The lowest BCUT2D eigenvalue weighted by Crippen LogP contribution is -2.15. The molecule has 26 heavy (non-hydrogen) atoms. The Morgan fingerprint density at radius 3 is 2.38 bits per heavy atom. The average molecular weight is 350 g/mol. The van der Waals surface area contributed by atoms with E-state index in [1.54, 1.807) is 31.4 Å². The Bertz CT molecular complexity index is 902. The summed E-state index contributed by atoms with van der Waals surface area (Å²) in [7, 11) is 1.60. The lowest BCUT2D eigenvalue weighted by molar-refractivity contribution is 0.415. The average Bonchev–Trinajstić information content (AvgIpc) is 2.68. The Kier molecular flexibility index (Phi) is 5.63. The van der Waals surface area contributed by atoms with Gasteiger partial charge in [0.2, 0.25) is 5.95 Å². The van der Waals surface area contributed by atoms with Gasteiger partial charge in [0.05, 0.1) is 7.11 Å². The van der Waals surface area contributed by atoms with Crippen LogP contribution in [0, 0.1) is 0 Å². The fraction of sp³-hybridized carbons (Fsp3) is 0.250. The van der Waals surface area contributed by atoms with Crippen LogP contribution in [0.15, 0.2) is 53.3 Å². The highest BCUT2D eigenvalue weighted by atomic mass is 16.5. The number of nitrogens with one attached hydrogen (secondary N) is 2. The Balaban J connectivity index is 1.73. The second-order valence-electron chi connectivity index (χ2n) is 6.01. The number of hydrogen-bond acceptors (Lipinski definition) is 5. The minimum atomic E-state index is -0.299. The second-order valence-corrected chi connectivity index (χ2v) is 6.01. The van der Waals surface area contributed by atoms with Gasteiger partial charge in [-0.05, 0) is 54.8 Å². The SMILES string of the molecule is CCCCc1ccc(Nc2nnc(-c3ccc(OC)cc3)c(=O)[nH]2)cc1. The minimum Gasteiger partial charge on any atom is -0.497 e. The molecule has 0 saturated carbocycles. The molecule has 0 aliphatic heterocycles. The molecular formula is C20H22N4O2. The number of rotatable bonds is 7.